The fourth-order valence-electron chi connectivity index (χ4n) is 0.941. The summed E-state index contributed by atoms with van der Waals surface area (Å²) in [5.74, 6) is -0.438. The second kappa shape index (κ2) is 5.25. The number of hydrogen-bond acceptors (Lipinski definition) is 2. The molecule has 0 aromatic heterocycles. The quantitative estimate of drug-likeness (QED) is 0.833. The molecule has 4 heteroatoms. The average Bonchev–Trinajstić information content (AvgIpc) is 2.20. The molecule has 1 N–H and O–H groups in total. The lowest BCUT2D eigenvalue weighted by molar-refractivity contribution is 0.630. The molecule has 0 heterocycles. The molecule has 0 spiro atoms. The first-order valence-electron chi connectivity index (χ1n) is 3.96. The summed E-state index contributed by atoms with van der Waals surface area (Å²) >= 11 is 5.30. The van der Waals surface area contributed by atoms with Crippen LogP contribution in [0.2, 0.25) is 0 Å². The van der Waals surface area contributed by atoms with Crippen LogP contribution < -0.4 is 5.32 Å². The van der Waals surface area contributed by atoms with E-state index in [1.54, 1.807) is 12.1 Å². The van der Waals surface area contributed by atoms with Crippen molar-refractivity contribution in [2.75, 3.05) is 11.9 Å². The highest BCUT2D eigenvalue weighted by Crippen LogP contribution is 2.14. The molecule has 0 saturated heterocycles. The van der Waals surface area contributed by atoms with E-state index in [4.69, 9.17) is 16.9 Å². The van der Waals surface area contributed by atoms with E-state index in [0.717, 1.165) is 0 Å². The molecule has 0 saturated carbocycles. The van der Waals surface area contributed by atoms with Crippen molar-refractivity contribution in [2.45, 2.75) is 0 Å². The van der Waals surface area contributed by atoms with E-state index in [1.165, 1.54) is 17.7 Å². The molecular weight excluding hydrogens is 203 g/mol. The van der Waals surface area contributed by atoms with Crippen LogP contribution in [0.4, 0.5) is 10.1 Å². The van der Waals surface area contributed by atoms with Gasteiger partial charge in [0.25, 0.3) is 0 Å². The maximum atomic E-state index is 13.2. The van der Waals surface area contributed by atoms with Crippen LogP contribution in [0.1, 0.15) is 5.56 Å². The second-order valence-electron chi connectivity index (χ2n) is 2.55. The van der Waals surface area contributed by atoms with Gasteiger partial charge < -0.3 is 5.32 Å². The standard InChI is InChI=1S/C10H8ClFN2/c11-4-1-5-14-10-3-2-8(7-13)6-9(10)12/h1-4,6,14H,5H2/b4-1+. The molecule has 0 aliphatic heterocycles. The van der Waals surface area contributed by atoms with Crippen LogP contribution in [-0.2, 0) is 0 Å². The van der Waals surface area contributed by atoms with E-state index < -0.39 is 5.82 Å². The third-order valence-electron chi connectivity index (χ3n) is 1.60. The van der Waals surface area contributed by atoms with Crippen LogP contribution >= 0.6 is 11.6 Å². The third-order valence-corrected chi connectivity index (χ3v) is 1.78. The van der Waals surface area contributed by atoms with Gasteiger partial charge in [-0.3, -0.25) is 0 Å². The van der Waals surface area contributed by atoms with Gasteiger partial charge in [-0.25, -0.2) is 4.39 Å². The summed E-state index contributed by atoms with van der Waals surface area (Å²) in [6.07, 6.45) is 1.65. The van der Waals surface area contributed by atoms with Crippen molar-refractivity contribution in [3.63, 3.8) is 0 Å². The summed E-state index contributed by atoms with van der Waals surface area (Å²) in [6, 6.07) is 6.12. The van der Waals surface area contributed by atoms with E-state index in [0.29, 0.717) is 17.8 Å². The number of nitrogens with zero attached hydrogens (tertiary/aromatic N) is 1. The van der Waals surface area contributed by atoms with Gasteiger partial charge in [0.05, 0.1) is 17.3 Å². The van der Waals surface area contributed by atoms with Crippen LogP contribution in [0.25, 0.3) is 0 Å². The molecule has 0 aliphatic rings. The summed E-state index contributed by atoms with van der Waals surface area (Å²) in [4.78, 5) is 0. The molecule has 72 valence electrons. The van der Waals surface area contributed by atoms with Gasteiger partial charge in [0, 0.05) is 12.1 Å². The fourth-order valence-corrected chi connectivity index (χ4v) is 1.03. The molecule has 1 aromatic rings. The van der Waals surface area contributed by atoms with Crippen LogP contribution in [0, 0.1) is 17.1 Å². The molecule has 0 amide bonds. The molecular formula is C10H8ClFN2. The Morgan fingerprint density at radius 3 is 2.93 bits per heavy atom. The first-order valence-corrected chi connectivity index (χ1v) is 4.40. The van der Waals surface area contributed by atoms with Gasteiger partial charge in [-0.05, 0) is 18.2 Å². The third kappa shape index (κ3) is 2.75. The summed E-state index contributed by atoms with van der Waals surface area (Å²) in [5, 5.41) is 11.3. The van der Waals surface area contributed by atoms with Crippen molar-refractivity contribution in [3.05, 3.63) is 41.2 Å². The van der Waals surface area contributed by atoms with Crippen molar-refractivity contribution in [1.29, 1.82) is 5.26 Å². The smallest absolute Gasteiger partial charge is 0.147 e. The van der Waals surface area contributed by atoms with Gasteiger partial charge >= 0.3 is 0 Å². The largest absolute Gasteiger partial charge is 0.379 e. The van der Waals surface area contributed by atoms with E-state index in [9.17, 15) is 4.39 Å². The molecule has 2 nitrogen and oxygen atoms in total. The van der Waals surface area contributed by atoms with E-state index in [2.05, 4.69) is 5.32 Å². The summed E-state index contributed by atoms with van der Waals surface area (Å²) in [6.45, 7) is 0.451. The van der Waals surface area contributed by atoms with E-state index >= 15 is 0 Å². The minimum Gasteiger partial charge on any atom is -0.379 e. The predicted molar refractivity (Wildman–Crippen MR) is 54.6 cm³/mol. The van der Waals surface area contributed by atoms with Gasteiger partial charge in [0.2, 0.25) is 0 Å². The minimum absolute atomic E-state index is 0.306. The maximum absolute atomic E-state index is 13.2. The summed E-state index contributed by atoms with van der Waals surface area (Å²) in [7, 11) is 0. The van der Waals surface area contributed by atoms with Crippen molar-refractivity contribution in [1.82, 2.24) is 0 Å². The van der Waals surface area contributed by atoms with Crippen LogP contribution in [-0.4, -0.2) is 6.54 Å². The lowest BCUT2D eigenvalue weighted by Crippen LogP contribution is -2.00. The Morgan fingerprint density at radius 1 is 1.57 bits per heavy atom. The zero-order chi connectivity index (χ0) is 10.4. The highest BCUT2D eigenvalue weighted by molar-refractivity contribution is 6.25. The minimum atomic E-state index is -0.438. The lowest BCUT2D eigenvalue weighted by Gasteiger charge is -2.04. The lowest BCUT2D eigenvalue weighted by atomic mass is 10.2. The maximum Gasteiger partial charge on any atom is 0.147 e. The number of rotatable bonds is 3. The zero-order valence-corrected chi connectivity index (χ0v) is 8.05. The van der Waals surface area contributed by atoms with Crippen molar-refractivity contribution < 1.29 is 4.39 Å². The first-order chi connectivity index (χ1) is 6.77. The number of anilines is 1. The Labute approximate surface area is 86.6 Å². The van der Waals surface area contributed by atoms with Gasteiger partial charge in [0.1, 0.15) is 5.82 Å². The number of nitrogens with one attached hydrogen (secondary N) is 1. The highest BCUT2D eigenvalue weighted by atomic mass is 35.5. The van der Waals surface area contributed by atoms with Crippen LogP contribution in [0.5, 0.6) is 0 Å². The topological polar surface area (TPSA) is 35.8 Å². The Balaban J connectivity index is 2.75. The SMILES string of the molecule is N#Cc1ccc(NC/C=C/Cl)c(F)c1. The van der Waals surface area contributed by atoms with Crippen LogP contribution in [0.3, 0.4) is 0 Å². The van der Waals surface area contributed by atoms with Crippen molar-refractivity contribution >= 4 is 17.3 Å². The number of halogens is 2. The first kappa shape index (κ1) is 10.6. The molecule has 14 heavy (non-hydrogen) atoms. The zero-order valence-electron chi connectivity index (χ0n) is 7.30. The highest BCUT2D eigenvalue weighted by Gasteiger charge is 2.01. The molecule has 0 fully saturated rings. The molecule has 0 bridgehead atoms. The molecule has 0 radical (unpaired) electrons. The molecule has 0 aliphatic carbocycles. The second-order valence-corrected chi connectivity index (χ2v) is 2.80. The predicted octanol–water partition coefficient (Wildman–Crippen LogP) is 2.86. The van der Waals surface area contributed by atoms with Gasteiger partial charge in [-0.15, -0.1) is 0 Å². The molecule has 1 rings (SSSR count). The Morgan fingerprint density at radius 2 is 2.36 bits per heavy atom. The monoisotopic (exact) mass is 210 g/mol. The molecule has 1 aromatic carbocycles. The van der Waals surface area contributed by atoms with Crippen molar-refractivity contribution in [3.8, 4) is 6.07 Å². The van der Waals surface area contributed by atoms with Gasteiger partial charge in [0.15, 0.2) is 0 Å². The van der Waals surface area contributed by atoms with Gasteiger partial charge in [-0.1, -0.05) is 17.7 Å². The van der Waals surface area contributed by atoms with E-state index in [-0.39, 0.29) is 0 Å². The van der Waals surface area contributed by atoms with Crippen molar-refractivity contribution in [2.24, 2.45) is 0 Å². The number of nitriles is 1. The number of hydrogen-bond donors (Lipinski definition) is 1. The van der Waals surface area contributed by atoms with E-state index in [1.807, 2.05) is 6.07 Å². The Hall–Kier alpha value is -1.53. The van der Waals surface area contributed by atoms with Gasteiger partial charge in [-0.2, -0.15) is 5.26 Å². The number of benzene rings is 1. The Kier molecular flexibility index (Phi) is 3.96. The Bertz CT molecular complexity index is 382. The average molecular weight is 211 g/mol. The fraction of sp³-hybridized carbons (Fsp3) is 0.100. The summed E-state index contributed by atoms with van der Waals surface area (Å²) < 4.78 is 13.2. The van der Waals surface area contributed by atoms with Crippen LogP contribution in [0.15, 0.2) is 29.8 Å². The summed E-state index contributed by atoms with van der Waals surface area (Å²) in [5.41, 5.74) is 2.02. The molecule has 0 atom stereocenters. The molecule has 0 unspecified atom stereocenters. The normalized spacial score (nSPS) is 10.1.